The Morgan fingerprint density at radius 1 is 1.32 bits per heavy atom. The number of hydrogen-bond donors (Lipinski definition) is 2. The summed E-state index contributed by atoms with van der Waals surface area (Å²) in [6.45, 7) is 3.24. The van der Waals surface area contributed by atoms with E-state index in [1.165, 1.54) is 18.4 Å². The van der Waals surface area contributed by atoms with E-state index in [0.717, 1.165) is 23.2 Å². The maximum atomic E-state index is 12.6. The van der Waals surface area contributed by atoms with Crippen LogP contribution >= 0.6 is 15.9 Å². The van der Waals surface area contributed by atoms with Crippen molar-refractivity contribution in [3.63, 3.8) is 0 Å². The predicted octanol–water partition coefficient (Wildman–Crippen LogP) is 4.60. The van der Waals surface area contributed by atoms with Gasteiger partial charge in [-0.2, -0.15) is 5.10 Å². The number of rotatable bonds is 7. The molecule has 2 aliphatic rings. The van der Waals surface area contributed by atoms with E-state index in [0.29, 0.717) is 30.2 Å². The molecule has 4 rings (SSSR count). The van der Waals surface area contributed by atoms with Crippen LogP contribution in [0.3, 0.4) is 0 Å². The van der Waals surface area contributed by atoms with Crippen LogP contribution in [0.2, 0.25) is 0 Å². The van der Waals surface area contributed by atoms with Gasteiger partial charge in [0, 0.05) is 36.1 Å². The molecule has 1 atom stereocenters. The molecule has 2 amide bonds. The van der Waals surface area contributed by atoms with Gasteiger partial charge in [0.1, 0.15) is 0 Å². The lowest BCUT2D eigenvalue weighted by Gasteiger charge is -2.25. The molecule has 0 radical (unpaired) electrons. The van der Waals surface area contributed by atoms with Crippen LogP contribution in [0.25, 0.3) is 5.57 Å². The zero-order valence-electron chi connectivity index (χ0n) is 17.6. The van der Waals surface area contributed by atoms with Gasteiger partial charge in [-0.25, -0.2) is 0 Å². The van der Waals surface area contributed by atoms with Crippen molar-refractivity contribution in [1.82, 2.24) is 15.1 Å². The van der Waals surface area contributed by atoms with Crippen LogP contribution in [0.5, 0.6) is 0 Å². The highest BCUT2D eigenvalue weighted by atomic mass is 79.9. The highest BCUT2D eigenvalue weighted by Gasteiger charge is 2.26. The standard InChI is InChI=1S/C24H27BrN4O2/c1-16(24(31)26-22-15-21(27-28-22)20-8-9-20)17-4-6-18(7-5-17)19-10-13-29(14-11-19)23(30)3-2-12-25/h2-7,10,15-16,20H,8-9,11-14H2,1H3,(H2,26,27,28,31)/b3-2+/t16-/m0/s1. The number of aromatic nitrogens is 2. The summed E-state index contributed by atoms with van der Waals surface area (Å²) in [6, 6.07) is 10.1. The van der Waals surface area contributed by atoms with Gasteiger partial charge in [0.05, 0.1) is 5.92 Å². The first-order valence-electron chi connectivity index (χ1n) is 10.7. The first-order chi connectivity index (χ1) is 15.0. The highest BCUT2D eigenvalue weighted by molar-refractivity contribution is 9.09. The van der Waals surface area contributed by atoms with Gasteiger partial charge in [0.15, 0.2) is 5.82 Å². The van der Waals surface area contributed by atoms with Crippen molar-refractivity contribution in [2.24, 2.45) is 0 Å². The molecule has 1 aromatic carbocycles. The second kappa shape index (κ2) is 9.64. The minimum absolute atomic E-state index is 0.0473. The number of H-pyrrole nitrogens is 1. The molecule has 0 spiro atoms. The molecule has 31 heavy (non-hydrogen) atoms. The van der Waals surface area contributed by atoms with Crippen LogP contribution in [0.15, 0.2) is 48.6 Å². The quantitative estimate of drug-likeness (QED) is 0.447. The van der Waals surface area contributed by atoms with Gasteiger partial charge >= 0.3 is 0 Å². The predicted molar refractivity (Wildman–Crippen MR) is 126 cm³/mol. The molecular weight excluding hydrogens is 456 g/mol. The molecule has 1 fully saturated rings. The van der Waals surface area contributed by atoms with Gasteiger partial charge in [0.25, 0.3) is 0 Å². The first kappa shape index (κ1) is 21.6. The molecule has 1 aromatic heterocycles. The molecule has 0 saturated heterocycles. The minimum atomic E-state index is -0.273. The monoisotopic (exact) mass is 482 g/mol. The number of anilines is 1. The molecule has 1 aliphatic heterocycles. The summed E-state index contributed by atoms with van der Waals surface area (Å²) in [6.07, 6.45) is 8.75. The summed E-state index contributed by atoms with van der Waals surface area (Å²) >= 11 is 3.29. The van der Waals surface area contributed by atoms with Crippen LogP contribution in [0.1, 0.15) is 54.8 Å². The second-order valence-electron chi connectivity index (χ2n) is 8.14. The van der Waals surface area contributed by atoms with E-state index in [2.05, 4.69) is 49.7 Å². The SMILES string of the molecule is C[C@H](C(=O)Nc1cc(C2CC2)[nH]n1)c1ccc(C2=CCN(C(=O)/C=C/CBr)CC2)cc1. The van der Waals surface area contributed by atoms with E-state index in [4.69, 9.17) is 0 Å². The number of amides is 2. The molecular formula is C24H27BrN4O2. The molecule has 2 N–H and O–H groups in total. The fourth-order valence-corrected chi connectivity index (χ4v) is 3.95. The number of alkyl halides is 1. The molecule has 1 aliphatic carbocycles. The van der Waals surface area contributed by atoms with Gasteiger partial charge in [-0.15, -0.1) is 0 Å². The number of allylic oxidation sites excluding steroid dienone is 1. The molecule has 2 aromatic rings. The lowest BCUT2D eigenvalue weighted by molar-refractivity contribution is -0.125. The maximum absolute atomic E-state index is 12.6. The van der Waals surface area contributed by atoms with Gasteiger partial charge in [-0.3, -0.25) is 14.7 Å². The topological polar surface area (TPSA) is 78.1 Å². The molecule has 2 heterocycles. The van der Waals surface area contributed by atoms with E-state index >= 15 is 0 Å². The number of aromatic amines is 1. The van der Waals surface area contributed by atoms with E-state index in [1.54, 1.807) is 6.08 Å². The van der Waals surface area contributed by atoms with Crippen LogP contribution < -0.4 is 5.32 Å². The second-order valence-corrected chi connectivity index (χ2v) is 8.78. The normalized spacial score (nSPS) is 17.5. The minimum Gasteiger partial charge on any atom is -0.335 e. The van der Waals surface area contributed by atoms with Crippen molar-refractivity contribution in [1.29, 1.82) is 0 Å². The van der Waals surface area contributed by atoms with Crippen molar-refractivity contribution >= 4 is 39.1 Å². The lowest BCUT2D eigenvalue weighted by atomic mass is 9.94. The van der Waals surface area contributed by atoms with E-state index in [-0.39, 0.29) is 17.7 Å². The summed E-state index contributed by atoms with van der Waals surface area (Å²) in [4.78, 5) is 26.6. The van der Waals surface area contributed by atoms with Crippen LogP contribution in [-0.4, -0.2) is 45.3 Å². The average molecular weight is 483 g/mol. The zero-order chi connectivity index (χ0) is 21.8. The summed E-state index contributed by atoms with van der Waals surface area (Å²) in [5, 5.41) is 10.8. The smallest absolute Gasteiger partial charge is 0.246 e. The molecule has 1 saturated carbocycles. The third kappa shape index (κ3) is 5.34. The summed E-state index contributed by atoms with van der Waals surface area (Å²) < 4.78 is 0. The van der Waals surface area contributed by atoms with Crippen molar-refractivity contribution < 1.29 is 9.59 Å². The van der Waals surface area contributed by atoms with Gasteiger partial charge in [0.2, 0.25) is 11.8 Å². The van der Waals surface area contributed by atoms with Gasteiger partial charge in [-0.1, -0.05) is 52.3 Å². The Hall–Kier alpha value is -2.67. The lowest BCUT2D eigenvalue weighted by Crippen LogP contribution is -2.33. The fraction of sp³-hybridized carbons (Fsp3) is 0.375. The van der Waals surface area contributed by atoms with E-state index in [9.17, 15) is 9.59 Å². The number of nitrogens with zero attached hydrogens (tertiary/aromatic N) is 2. The number of carbonyl (C=O) groups is 2. The Balaban J connectivity index is 1.35. The number of halogens is 1. The molecule has 0 unspecified atom stereocenters. The number of hydrogen-bond acceptors (Lipinski definition) is 3. The van der Waals surface area contributed by atoms with Crippen molar-refractivity contribution in [3.8, 4) is 0 Å². The Morgan fingerprint density at radius 2 is 2.10 bits per heavy atom. The first-order valence-corrected chi connectivity index (χ1v) is 11.8. The Labute approximate surface area is 190 Å². The zero-order valence-corrected chi connectivity index (χ0v) is 19.2. The van der Waals surface area contributed by atoms with Crippen LogP contribution in [0, 0.1) is 0 Å². The third-order valence-corrected chi connectivity index (χ3v) is 6.29. The Bertz CT molecular complexity index is 1000. The van der Waals surface area contributed by atoms with Crippen molar-refractivity contribution in [3.05, 3.63) is 65.4 Å². The summed E-state index contributed by atoms with van der Waals surface area (Å²) in [5.41, 5.74) is 4.45. The van der Waals surface area contributed by atoms with Gasteiger partial charge in [-0.05, 0) is 49.0 Å². The Kier molecular flexibility index (Phi) is 6.70. The average Bonchev–Trinajstić information content (AvgIpc) is 3.56. The summed E-state index contributed by atoms with van der Waals surface area (Å²) in [5.74, 6) is 0.876. The largest absolute Gasteiger partial charge is 0.335 e. The van der Waals surface area contributed by atoms with Gasteiger partial charge < -0.3 is 10.2 Å². The maximum Gasteiger partial charge on any atom is 0.246 e. The number of benzene rings is 1. The third-order valence-electron chi connectivity index (χ3n) is 5.91. The number of nitrogens with one attached hydrogen (secondary N) is 2. The molecule has 6 nitrogen and oxygen atoms in total. The highest BCUT2D eigenvalue weighted by Crippen LogP contribution is 2.39. The summed E-state index contributed by atoms with van der Waals surface area (Å²) in [7, 11) is 0. The van der Waals surface area contributed by atoms with Crippen molar-refractivity contribution in [2.75, 3.05) is 23.7 Å². The Morgan fingerprint density at radius 3 is 2.74 bits per heavy atom. The molecule has 7 heteroatoms. The molecule has 162 valence electrons. The van der Waals surface area contributed by atoms with E-state index < -0.39 is 0 Å². The van der Waals surface area contributed by atoms with Crippen LogP contribution in [0.4, 0.5) is 5.82 Å². The fourth-order valence-electron chi connectivity index (χ4n) is 3.76. The van der Waals surface area contributed by atoms with E-state index in [1.807, 2.05) is 36.1 Å². The van der Waals surface area contributed by atoms with Crippen LogP contribution in [-0.2, 0) is 9.59 Å². The number of carbonyl (C=O) groups excluding carboxylic acids is 2. The molecule has 0 bridgehead atoms. The van der Waals surface area contributed by atoms with Crippen molar-refractivity contribution in [2.45, 2.75) is 38.0 Å².